The molecule has 2 nitrogen and oxygen atoms in total. The number of allylic oxidation sites excluding steroid dienone is 2. The molecule has 1 aliphatic carbocycles. The summed E-state index contributed by atoms with van der Waals surface area (Å²) in [5.41, 5.74) is 1.13. The van der Waals surface area contributed by atoms with E-state index in [0.717, 1.165) is 19.3 Å². The van der Waals surface area contributed by atoms with Crippen molar-refractivity contribution >= 4 is 0 Å². The SMILES string of the molecule is COC1(CCCc2ccccc2)C=CC=[C]C1N(C)C. The Labute approximate surface area is 122 Å². The lowest BCUT2D eigenvalue weighted by Gasteiger charge is -2.40. The lowest BCUT2D eigenvalue weighted by molar-refractivity contribution is -0.0257. The van der Waals surface area contributed by atoms with E-state index in [2.05, 4.69) is 61.5 Å². The summed E-state index contributed by atoms with van der Waals surface area (Å²) in [4.78, 5) is 2.17. The molecule has 1 aliphatic rings. The highest BCUT2D eigenvalue weighted by Gasteiger charge is 2.37. The van der Waals surface area contributed by atoms with Gasteiger partial charge in [-0.1, -0.05) is 48.6 Å². The number of methoxy groups -OCH3 is 1. The molecule has 2 atom stereocenters. The van der Waals surface area contributed by atoms with Crippen LogP contribution in [-0.2, 0) is 11.2 Å². The van der Waals surface area contributed by atoms with Gasteiger partial charge in [0.2, 0.25) is 0 Å². The maximum atomic E-state index is 5.88. The summed E-state index contributed by atoms with van der Waals surface area (Å²) >= 11 is 0. The molecule has 2 unspecified atom stereocenters. The summed E-state index contributed by atoms with van der Waals surface area (Å²) in [6, 6.07) is 10.8. The fourth-order valence-electron chi connectivity index (χ4n) is 2.89. The van der Waals surface area contributed by atoms with Crippen molar-refractivity contribution in [1.82, 2.24) is 4.90 Å². The number of hydrogen-bond acceptors (Lipinski definition) is 2. The third-order valence-electron chi connectivity index (χ3n) is 3.96. The number of rotatable bonds is 6. The molecule has 2 rings (SSSR count). The van der Waals surface area contributed by atoms with Crippen LogP contribution in [0.3, 0.4) is 0 Å². The molecule has 0 saturated heterocycles. The molecule has 0 fully saturated rings. The van der Waals surface area contributed by atoms with Crippen LogP contribution in [0.5, 0.6) is 0 Å². The van der Waals surface area contributed by atoms with Crippen LogP contribution in [0.4, 0.5) is 0 Å². The fraction of sp³-hybridized carbons (Fsp3) is 0.444. The molecule has 0 aliphatic heterocycles. The number of ether oxygens (including phenoxy) is 1. The molecule has 0 heterocycles. The molecule has 0 saturated carbocycles. The van der Waals surface area contributed by atoms with E-state index < -0.39 is 0 Å². The minimum atomic E-state index is -0.257. The number of nitrogens with zero attached hydrogens (tertiary/aromatic N) is 1. The number of hydrogen-bond donors (Lipinski definition) is 0. The van der Waals surface area contributed by atoms with Gasteiger partial charge in [-0.15, -0.1) is 0 Å². The molecule has 1 aromatic carbocycles. The van der Waals surface area contributed by atoms with Gasteiger partial charge in [0.25, 0.3) is 0 Å². The predicted octanol–water partition coefficient (Wildman–Crippen LogP) is 3.25. The van der Waals surface area contributed by atoms with Crippen molar-refractivity contribution in [3.63, 3.8) is 0 Å². The first-order chi connectivity index (χ1) is 9.68. The Morgan fingerprint density at radius 3 is 2.65 bits per heavy atom. The molecule has 1 radical (unpaired) electrons. The lowest BCUT2D eigenvalue weighted by atomic mass is 9.84. The predicted molar refractivity (Wildman–Crippen MR) is 83.5 cm³/mol. The Kier molecular flexibility index (Phi) is 5.16. The molecule has 0 spiro atoms. The van der Waals surface area contributed by atoms with E-state index in [9.17, 15) is 0 Å². The van der Waals surface area contributed by atoms with Crippen molar-refractivity contribution in [1.29, 1.82) is 0 Å². The summed E-state index contributed by atoms with van der Waals surface area (Å²) in [6.45, 7) is 0. The summed E-state index contributed by atoms with van der Waals surface area (Å²) < 4.78 is 5.88. The van der Waals surface area contributed by atoms with Crippen LogP contribution in [-0.4, -0.2) is 37.7 Å². The quantitative estimate of drug-likeness (QED) is 0.787. The zero-order chi connectivity index (χ0) is 14.4. The van der Waals surface area contributed by atoms with Gasteiger partial charge in [-0.05, 0) is 45.0 Å². The summed E-state index contributed by atoms with van der Waals surface area (Å²) in [5, 5.41) is 0. The molecular weight excluding hydrogens is 246 g/mol. The highest BCUT2D eigenvalue weighted by molar-refractivity contribution is 5.22. The minimum absolute atomic E-state index is 0.174. The van der Waals surface area contributed by atoms with E-state index in [1.54, 1.807) is 7.11 Å². The van der Waals surface area contributed by atoms with Gasteiger partial charge in [-0.2, -0.15) is 0 Å². The van der Waals surface area contributed by atoms with E-state index in [1.165, 1.54) is 5.56 Å². The summed E-state index contributed by atoms with van der Waals surface area (Å²) in [5.74, 6) is 0. The molecular formula is C18H24NO. The number of likely N-dealkylation sites (N-methyl/N-ethyl adjacent to an activating group) is 1. The van der Waals surface area contributed by atoms with Crippen molar-refractivity contribution in [2.75, 3.05) is 21.2 Å². The second-order valence-corrected chi connectivity index (χ2v) is 5.56. The molecule has 1 aromatic rings. The van der Waals surface area contributed by atoms with E-state index in [1.807, 2.05) is 12.2 Å². The molecule has 0 N–H and O–H groups in total. The van der Waals surface area contributed by atoms with Crippen molar-refractivity contribution < 1.29 is 4.74 Å². The Hall–Kier alpha value is -1.38. The Bertz CT molecular complexity index is 464. The molecule has 107 valence electrons. The fourth-order valence-corrected chi connectivity index (χ4v) is 2.89. The zero-order valence-electron chi connectivity index (χ0n) is 12.7. The average molecular weight is 270 g/mol. The van der Waals surface area contributed by atoms with Crippen molar-refractivity contribution in [3.8, 4) is 0 Å². The Morgan fingerprint density at radius 2 is 2.00 bits per heavy atom. The topological polar surface area (TPSA) is 12.5 Å². The maximum absolute atomic E-state index is 5.88. The van der Waals surface area contributed by atoms with Crippen LogP contribution >= 0.6 is 0 Å². The van der Waals surface area contributed by atoms with Crippen LogP contribution in [0, 0.1) is 6.08 Å². The van der Waals surface area contributed by atoms with Crippen molar-refractivity contribution in [3.05, 3.63) is 60.2 Å². The third kappa shape index (κ3) is 3.38. The third-order valence-corrected chi connectivity index (χ3v) is 3.96. The standard InChI is InChI=1S/C18H24NO/c1-19(2)17-13-7-8-14-18(17,20-3)15-9-12-16-10-5-4-6-11-16/h4-8,10-11,14,17H,9,12,15H2,1-3H3. The zero-order valence-corrected chi connectivity index (χ0v) is 12.7. The van der Waals surface area contributed by atoms with Crippen LogP contribution in [0.15, 0.2) is 48.6 Å². The molecule has 20 heavy (non-hydrogen) atoms. The molecule has 2 heteroatoms. The first-order valence-electron chi connectivity index (χ1n) is 7.20. The second-order valence-electron chi connectivity index (χ2n) is 5.56. The minimum Gasteiger partial charge on any atom is -0.372 e. The summed E-state index contributed by atoms with van der Waals surface area (Å²) in [7, 11) is 5.96. The van der Waals surface area contributed by atoms with Gasteiger partial charge in [-0.25, -0.2) is 0 Å². The normalized spacial score (nSPS) is 25.3. The van der Waals surface area contributed by atoms with Gasteiger partial charge in [-0.3, -0.25) is 4.90 Å². The first kappa shape index (κ1) is 15.0. The van der Waals surface area contributed by atoms with E-state index in [0.29, 0.717) is 0 Å². The van der Waals surface area contributed by atoms with Gasteiger partial charge < -0.3 is 4.74 Å². The van der Waals surface area contributed by atoms with Crippen LogP contribution in [0.25, 0.3) is 0 Å². The molecule has 0 amide bonds. The number of benzene rings is 1. The second kappa shape index (κ2) is 6.87. The van der Waals surface area contributed by atoms with Crippen LogP contribution < -0.4 is 0 Å². The van der Waals surface area contributed by atoms with Gasteiger partial charge in [0.1, 0.15) is 5.60 Å². The van der Waals surface area contributed by atoms with Crippen LogP contribution in [0.1, 0.15) is 18.4 Å². The summed E-state index contributed by atoms with van der Waals surface area (Å²) in [6.07, 6.45) is 12.8. The largest absolute Gasteiger partial charge is 0.372 e. The van der Waals surface area contributed by atoms with Gasteiger partial charge in [0.05, 0.1) is 6.04 Å². The van der Waals surface area contributed by atoms with Crippen molar-refractivity contribution in [2.45, 2.75) is 30.9 Å². The monoisotopic (exact) mass is 270 g/mol. The Balaban J connectivity index is 2.00. The number of aryl methyl sites for hydroxylation is 1. The Morgan fingerprint density at radius 1 is 1.25 bits per heavy atom. The van der Waals surface area contributed by atoms with Gasteiger partial charge >= 0.3 is 0 Å². The average Bonchev–Trinajstić information content (AvgIpc) is 2.48. The van der Waals surface area contributed by atoms with E-state index in [4.69, 9.17) is 4.74 Å². The van der Waals surface area contributed by atoms with Crippen molar-refractivity contribution in [2.24, 2.45) is 0 Å². The highest BCUT2D eigenvalue weighted by atomic mass is 16.5. The molecule has 0 bridgehead atoms. The smallest absolute Gasteiger partial charge is 0.106 e. The first-order valence-corrected chi connectivity index (χ1v) is 7.20. The van der Waals surface area contributed by atoms with E-state index in [-0.39, 0.29) is 11.6 Å². The van der Waals surface area contributed by atoms with Crippen LogP contribution in [0.2, 0.25) is 0 Å². The highest BCUT2D eigenvalue weighted by Crippen LogP contribution is 2.30. The van der Waals surface area contributed by atoms with E-state index >= 15 is 0 Å². The lowest BCUT2D eigenvalue weighted by Crippen LogP contribution is -2.50. The molecule has 0 aromatic heterocycles. The van der Waals surface area contributed by atoms with Gasteiger partial charge in [0.15, 0.2) is 0 Å². The maximum Gasteiger partial charge on any atom is 0.106 e. The van der Waals surface area contributed by atoms with Gasteiger partial charge in [0, 0.05) is 7.11 Å².